The van der Waals surface area contributed by atoms with Gasteiger partial charge in [0.2, 0.25) is 0 Å². The second-order valence-electron chi connectivity index (χ2n) is 7.27. The second kappa shape index (κ2) is 8.26. The Balaban J connectivity index is 2.52. The molecule has 1 amide bonds. The molecule has 0 atom stereocenters. The van der Waals surface area contributed by atoms with E-state index in [-0.39, 0.29) is 11.8 Å². The molecule has 2 aromatic carbocycles. The Kier molecular flexibility index (Phi) is 6.25. The van der Waals surface area contributed by atoms with Crippen molar-refractivity contribution >= 4 is 32.2 Å². The van der Waals surface area contributed by atoms with Gasteiger partial charge in [-0.25, -0.2) is 0 Å². The summed E-state index contributed by atoms with van der Waals surface area (Å²) < 4.78 is 0. The summed E-state index contributed by atoms with van der Waals surface area (Å²) in [6.07, 6.45) is 2.00. The number of benzene rings is 2. The predicted octanol–water partition coefficient (Wildman–Crippen LogP) is 3.18. The Labute approximate surface area is 167 Å². The van der Waals surface area contributed by atoms with Gasteiger partial charge in [-0.1, -0.05) is 77.1 Å². The molecule has 0 spiro atoms. The summed E-state index contributed by atoms with van der Waals surface area (Å²) in [4.78, 5) is 14.7. The first-order chi connectivity index (χ1) is 13.1. The van der Waals surface area contributed by atoms with E-state index in [0.717, 1.165) is 32.4 Å². The summed E-state index contributed by atoms with van der Waals surface area (Å²) in [7, 11) is 1.74. The van der Waals surface area contributed by atoms with Crippen LogP contribution in [0.1, 0.15) is 31.1 Å². The van der Waals surface area contributed by atoms with E-state index in [0.29, 0.717) is 16.5 Å². The molecule has 0 aliphatic heterocycles. The molecule has 2 nitrogen and oxygen atoms in total. The topological polar surface area (TPSA) is 20.3 Å². The third-order valence-corrected chi connectivity index (χ3v) is 5.20. The van der Waals surface area contributed by atoms with Gasteiger partial charge in [-0.3, -0.25) is 4.79 Å². The van der Waals surface area contributed by atoms with Crippen LogP contribution >= 0.6 is 0 Å². The van der Waals surface area contributed by atoms with Crippen molar-refractivity contribution in [3.8, 4) is 11.1 Å². The lowest BCUT2D eigenvalue weighted by molar-refractivity contribution is 0.0837. The van der Waals surface area contributed by atoms with Crippen molar-refractivity contribution in [2.45, 2.75) is 20.8 Å². The second-order valence-corrected chi connectivity index (χ2v) is 7.27. The number of allylic oxidation sites excluding steroid dienone is 2. The Bertz CT molecular complexity index is 1170. The van der Waals surface area contributed by atoms with Gasteiger partial charge in [0.05, 0.1) is 0 Å². The van der Waals surface area contributed by atoms with Crippen molar-refractivity contribution < 1.29 is 4.79 Å². The first-order valence-electron chi connectivity index (χ1n) is 9.33. The summed E-state index contributed by atoms with van der Waals surface area (Å²) in [5, 5.41) is 3.05. The van der Waals surface area contributed by atoms with Crippen LogP contribution in [0.5, 0.6) is 0 Å². The maximum atomic E-state index is 13.1. The highest BCUT2D eigenvalue weighted by molar-refractivity contribution is 5.96. The molecule has 0 aromatic heterocycles. The maximum Gasteiger partial charge on any atom is 0.258 e. The fraction of sp³-hybridized carbons (Fsp3) is 0.192. The average molecular weight is 372 g/mol. The molecule has 0 saturated heterocycles. The molecule has 2 rings (SSSR count). The van der Waals surface area contributed by atoms with E-state index in [1.54, 1.807) is 18.0 Å². The number of amides is 1. The summed E-state index contributed by atoms with van der Waals surface area (Å²) in [5.41, 5.74) is 4.13. The summed E-state index contributed by atoms with van der Waals surface area (Å²) in [6.45, 7) is 26.7. The zero-order valence-electron chi connectivity index (χ0n) is 17.4. The molecule has 144 valence electrons. The van der Waals surface area contributed by atoms with Gasteiger partial charge in [-0.2, -0.15) is 0 Å². The first kappa shape index (κ1) is 21.2. The number of carbonyl (C=O) groups is 1. The van der Waals surface area contributed by atoms with E-state index in [9.17, 15) is 4.79 Å². The van der Waals surface area contributed by atoms with Crippen LogP contribution in [0.4, 0.5) is 0 Å². The largest absolute Gasteiger partial charge is 0.312 e. The molecule has 0 aliphatic carbocycles. The van der Waals surface area contributed by atoms with E-state index in [1.165, 1.54) is 0 Å². The van der Waals surface area contributed by atoms with Crippen LogP contribution in [-0.2, 0) is 0 Å². The number of hydrogen-bond acceptors (Lipinski definition) is 1. The SMILES string of the molecule is C=C(C(=CC)C(C)C)N(C)C(=O)c1ccc(-c2cccc(=C)c2=C)c(=C)c1=C. The van der Waals surface area contributed by atoms with E-state index in [4.69, 9.17) is 0 Å². The van der Waals surface area contributed by atoms with Crippen molar-refractivity contribution in [2.75, 3.05) is 7.05 Å². The molecule has 0 aliphatic rings. The van der Waals surface area contributed by atoms with Crippen LogP contribution in [0.25, 0.3) is 37.4 Å². The fourth-order valence-corrected chi connectivity index (χ4v) is 3.36. The lowest BCUT2D eigenvalue weighted by atomic mass is 9.96. The third kappa shape index (κ3) is 3.77. The van der Waals surface area contributed by atoms with E-state index < -0.39 is 0 Å². The number of hydrogen-bond donors (Lipinski definition) is 0. The first-order valence-corrected chi connectivity index (χ1v) is 9.33. The molecular weight excluding hydrogens is 342 g/mol. The molecule has 28 heavy (non-hydrogen) atoms. The fourth-order valence-electron chi connectivity index (χ4n) is 3.36. The van der Waals surface area contributed by atoms with Crippen molar-refractivity contribution in [2.24, 2.45) is 5.92 Å². The Morgan fingerprint density at radius 1 is 0.964 bits per heavy atom. The van der Waals surface area contributed by atoms with Gasteiger partial charge in [0.25, 0.3) is 5.91 Å². The number of carbonyl (C=O) groups excluding carboxylic acids is 1. The minimum atomic E-state index is -0.146. The van der Waals surface area contributed by atoms with Gasteiger partial charge in [-0.15, -0.1) is 0 Å². The minimum absolute atomic E-state index is 0.146. The molecule has 2 aromatic rings. The molecule has 0 heterocycles. The predicted molar refractivity (Wildman–Crippen MR) is 122 cm³/mol. The van der Waals surface area contributed by atoms with E-state index in [2.05, 4.69) is 46.7 Å². The molecule has 0 unspecified atom stereocenters. The van der Waals surface area contributed by atoms with E-state index in [1.807, 2.05) is 37.3 Å². The van der Waals surface area contributed by atoms with Crippen molar-refractivity contribution in [1.29, 1.82) is 0 Å². The van der Waals surface area contributed by atoms with E-state index >= 15 is 0 Å². The Morgan fingerprint density at radius 3 is 2.14 bits per heavy atom. The van der Waals surface area contributed by atoms with Gasteiger partial charge in [0.15, 0.2) is 0 Å². The van der Waals surface area contributed by atoms with Gasteiger partial charge >= 0.3 is 0 Å². The summed E-state index contributed by atoms with van der Waals surface area (Å²) in [6, 6.07) is 9.56. The zero-order valence-corrected chi connectivity index (χ0v) is 17.4. The highest BCUT2D eigenvalue weighted by Crippen LogP contribution is 2.21. The Hall–Kier alpha value is -3.13. The van der Waals surface area contributed by atoms with Crippen LogP contribution in [0, 0.1) is 5.92 Å². The molecular formula is C26H29NO. The van der Waals surface area contributed by atoms with Gasteiger partial charge in [0.1, 0.15) is 0 Å². The van der Waals surface area contributed by atoms with Crippen molar-refractivity contribution in [1.82, 2.24) is 4.90 Å². The van der Waals surface area contributed by atoms with Gasteiger partial charge < -0.3 is 4.90 Å². The molecule has 0 fully saturated rings. The number of nitrogens with zero attached hydrogens (tertiary/aromatic N) is 1. The third-order valence-electron chi connectivity index (χ3n) is 5.20. The molecule has 0 N–H and O–H groups in total. The van der Waals surface area contributed by atoms with Crippen LogP contribution in [-0.4, -0.2) is 17.9 Å². The zero-order chi connectivity index (χ0) is 21.2. The smallest absolute Gasteiger partial charge is 0.258 e. The highest BCUT2D eigenvalue weighted by atomic mass is 16.2. The van der Waals surface area contributed by atoms with Crippen molar-refractivity contribution in [3.63, 3.8) is 0 Å². The number of likely N-dealkylation sites (N-methyl/N-ethyl adjacent to an activating group) is 1. The normalized spacial score (nSPS) is 11.5. The quantitative estimate of drug-likeness (QED) is 0.739. The lowest BCUT2D eigenvalue weighted by Crippen LogP contribution is -2.37. The number of rotatable bonds is 5. The maximum absolute atomic E-state index is 13.1. The van der Waals surface area contributed by atoms with Crippen LogP contribution in [0.3, 0.4) is 0 Å². The minimum Gasteiger partial charge on any atom is -0.312 e. The summed E-state index contributed by atoms with van der Waals surface area (Å²) in [5.74, 6) is 0.135. The summed E-state index contributed by atoms with van der Waals surface area (Å²) >= 11 is 0. The van der Waals surface area contributed by atoms with Gasteiger partial charge in [0, 0.05) is 18.3 Å². The van der Waals surface area contributed by atoms with Crippen molar-refractivity contribution in [3.05, 3.63) is 80.7 Å². The Morgan fingerprint density at radius 2 is 1.57 bits per heavy atom. The van der Waals surface area contributed by atoms with Crippen LogP contribution in [0.2, 0.25) is 0 Å². The standard InChI is InChI=1S/C26H29NO/c1-10-22(16(2)3)21(8)27(9)26(28)25-15-14-24(19(6)20(25)7)23-13-11-12-17(4)18(23)5/h10-16H,4-8H2,1-3,9H3. The van der Waals surface area contributed by atoms with Crippen LogP contribution < -0.4 is 20.9 Å². The van der Waals surface area contributed by atoms with Gasteiger partial charge in [-0.05, 0) is 56.5 Å². The molecule has 0 bridgehead atoms. The highest BCUT2D eigenvalue weighted by Gasteiger charge is 2.19. The lowest BCUT2D eigenvalue weighted by Gasteiger charge is -2.24. The monoisotopic (exact) mass is 371 g/mol. The molecule has 2 heteroatoms. The van der Waals surface area contributed by atoms with Crippen LogP contribution in [0.15, 0.2) is 54.3 Å². The average Bonchev–Trinajstić information content (AvgIpc) is 2.65. The molecule has 0 saturated carbocycles. The molecule has 0 radical (unpaired) electrons.